The molecule has 1 aliphatic heterocycles. The molecule has 5 nitrogen and oxygen atoms in total. The van der Waals surface area contributed by atoms with Crippen molar-refractivity contribution in [2.75, 3.05) is 12.9 Å². The normalized spacial score (nSPS) is 15.3. The third kappa shape index (κ3) is 5.07. The molecule has 0 N–H and O–H groups in total. The van der Waals surface area contributed by atoms with Crippen LogP contribution in [0.15, 0.2) is 99.1 Å². The van der Waals surface area contributed by atoms with Gasteiger partial charge in [0.1, 0.15) is 0 Å². The van der Waals surface area contributed by atoms with Crippen LogP contribution in [0, 0.1) is 0 Å². The van der Waals surface area contributed by atoms with Gasteiger partial charge in [-0.2, -0.15) is 0 Å². The number of hydrogen-bond donors (Lipinski definition) is 0. The summed E-state index contributed by atoms with van der Waals surface area (Å²) in [6, 6.07) is 24.0. The summed E-state index contributed by atoms with van der Waals surface area (Å²) in [7, 11) is 0. The monoisotopic (exact) mass is 546 g/mol. The minimum absolute atomic E-state index is 0.203. The molecule has 8 heteroatoms. The summed E-state index contributed by atoms with van der Waals surface area (Å²) in [5.41, 5.74) is 3.03. The van der Waals surface area contributed by atoms with Gasteiger partial charge in [0.05, 0.1) is 28.5 Å². The number of halogens is 1. The van der Waals surface area contributed by atoms with Crippen molar-refractivity contribution in [3.05, 3.63) is 126 Å². The topological polar surface area (TPSA) is 60.7 Å². The summed E-state index contributed by atoms with van der Waals surface area (Å²) in [4.78, 5) is 33.8. The summed E-state index contributed by atoms with van der Waals surface area (Å²) in [6.07, 6.45) is 3.89. The Labute approximate surface area is 227 Å². The molecule has 0 bridgehead atoms. The SMILES string of the molecule is CCOC(=O)C1=C(c2ccccc2)N=c2s/c(=C\c3ccc(SC)cc3)c(=O)n2[C@@H]1c1ccc(Cl)cc1. The number of thiazole rings is 1. The second-order valence-corrected chi connectivity index (χ2v) is 10.6. The molecule has 2 heterocycles. The van der Waals surface area contributed by atoms with Gasteiger partial charge in [-0.3, -0.25) is 9.36 Å². The molecule has 0 aliphatic carbocycles. The maximum absolute atomic E-state index is 13.8. The Morgan fingerprint density at radius 3 is 2.43 bits per heavy atom. The number of ether oxygens (including phenoxy) is 1. The van der Waals surface area contributed by atoms with Gasteiger partial charge in [-0.05, 0) is 54.6 Å². The number of fused-ring (bicyclic) bond motifs is 1. The van der Waals surface area contributed by atoms with E-state index in [-0.39, 0.29) is 12.2 Å². The van der Waals surface area contributed by atoms with Gasteiger partial charge in [-0.1, -0.05) is 77.5 Å². The lowest BCUT2D eigenvalue weighted by atomic mass is 9.93. The predicted octanol–water partition coefficient (Wildman–Crippen LogP) is 5.31. The lowest BCUT2D eigenvalue weighted by Gasteiger charge is -2.25. The minimum Gasteiger partial charge on any atom is -0.463 e. The second-order valence-electron chi connectivity index (χ2n) is 8.26. The average molecular weight is 547 g/mol. The Balaban J connectivity index is 1.80. The van der Waals surface area contributed by atoms with Gasteiger partial charge in [0.25, 0.3) is 5.56 Å². The zero-order valence-electron chi connectivity index (χ0n) is 20.2. The van der Waals surface area contributed by atoms with Crippen molar-refractivity contribution in [3.8, 4) is 0 Å². The fourth-order valence-electron chi connectivity index (χ4n) is 4.25. The van der Waals surface area contributed by atoms with Gasteiger partial charge >= 0.3 is 5.97 Å². The highest BCUT2D eigenvalue weighted by Crippen LogP contribution is 2.35. The van der Waals surface area contributed by atoms with Crippen LogP contribution in [0.5, 0.6) is 0 Å². The van der Waals surface area contributed by atoms with Crippen LogP contribution >= 0.6 is 34.7 Å². The zero-order valence-corrected chi connectivity index (χ0v) is 22.6. The molecule has 0 radical (unpaired) electrons. The van der Waals surface area contributed by atoms with E-state index in [0.717, 1.165) is 21.6 Å². The minimum atomic E-state index is -0.719. The number of thioether (sulfide) groups is 1. The van der Waals surface area contributed by atoms with E-state index in [2.05, 4.69) is 0 Å². The number of carbonyl (C=O) groups is 1. The van der Waals surface area contributed by atoms with E-state index in [9.17, 15) is 9.59 Å². The first-order chi connectivity index (χ1) is 18.0. The molecule has 1 aliphatic rings. The van der Waals surface area contributed by atoms with Crippen molar-refractivity contribution in [2.24, 2.45) is 4.99 Å². The zero-order chi connectivity index (χ0) is 25.9. The quantitative estimate of drug-likeness (QED) is 0.243. The molecule has 0 amide bonds. The molecular weight excluding hydrogens is 524 g/mol. The number of benzene rings is 3. The maximum Gasteiger partial charge on any atom is 0.338 e. The van der Waals surface area contributed by atoms with E-state index >= 15 is 0 Å². The molecule has 0 spiro atoms. The van der Waals surface area contributed by atoms with Crippen LogP contribution in [-0.4, -0.2) is 23.4 Å². The van der Waals surface area contributed by atoms with E-state index in [0.29, 0.717) is 25.6 Å². The van der Waals surface area contributed by atoms with Crippen LogP contribution in [0.2, 0.25) is 5.02 Å². The Hall–Kier alpha value is -3.39. The van der Waals surface area contributed by atoms with Crippen molar-refractivity contribution in [1.29, 1.82) is 0 Å². The number of rotatable bonds is 6. The van der Waals surface area contributed by atoms with Gasteiger partial charge < -0.3 is 4.74 Å². The van der Waals surface area contributed by atoms with Crippen LogP contribution in [0.1, 0.15) is 29.7 Å². The van der Waals surface area contributed by atoms with Gasteiger partial charge in [-0.15, -0.1) is 11.8 Å². The average Bonchev–Trinajstić information content (AvgIpc) is 3.23. The van der Waals surface area contributed by atoms with Crippen LogP contribution in [-0.2, 0) is 9.53 Å². The third-order valence-corrected chi connectivity index (χ3v) is 7.95. The molecule has 5 rings (SSSR count). The predicted molar refractivity (Wildman–Crippen MR) is 151 cm³/mol. The summed E-state index contributed by atoms with van der Waals surface area (Å²) < 4.78 is 7.61. The Kier molecular flexibility index (Phi) is 7.46. The summed E-state index contributed by atoms with van der Waals surface area (Å²) in [5, 5.41) is 0.565. The maximum atomic E-state index is 13.8. The highest BCUT2D eigenvalue weighted by Gasteiger charge is 2.35. The highest BCUT2D eigenvalue weighted by molar-refractivity contribution is 7.98. The summed E-state index contributed by atoms with van der Waals surface area (Å²) in [5.74, 6) is -0.507. The van der Waals surface area contributed by atoms with E-state index in [1.807, 2.05) is 79.1 Å². The number of hydrogen-bond acceptors (Lipinski definition) is 6. The van der Waals surface area contributed by atoms with Crippen LogP contribution < -0.4 is 14.9 Å². The van der Waals surface area contributed by atoms with Crippen molar-refractivity contribution >= 4 is 52.4 Å². The molecule has 37 heavy (non-hydrogen) atoms. The van der Waals surface area contributed by atoms with Crippen LogP contribution in [0.4, 0.5) is 0 Å². The van der Waals surface area contributed by atoms with E-state index in [4.69, 9.17) is 21.3 Å². The first-order valence-electron chi connectivity index (χ1n) is 11.7. The highest BCUT2D eigenvalue weighted by atomic mass is 35.5. The largest absolute Gasteiger partial charge is 0.463 e. The van der Waals surface area contributed by atoms with Crippen LogP contribution in [0.25, 0.3) is 11.8 Å². The van der Waals surface area contributed by atoms with Crippen molar-refractivity contribution in [3.63, 3.8) is 0 Å². The molecule has 1 aromatic heterocycles. The number of carbonyl (C=O) groups excluding carboxylic acids is 1. The molecule has 3 aromatic carbocycles. The Bertz CT molecular complexity index is 1660. The van der Waals surface area contributed by atoms with Crippen molar-refractivity contribution in [2.45, 2.75) is 17.9 Å². The lowest BCUT2D eigenvalue weighted by molar-refractivity contribution is -0.138. The molecule has 4 aromatic rings. The molecular formula is C29H23ClN2O3S2. The molecule has 0 unspecified atom stereocenters. The van der Waals surface area contributed by atoms with Gasteiger partial charge in [0, 0.05) is 15.5 Å². The lowest BCUT2D eigenvalue weighted by Crippen LogP contribution is -2.40. The Morgan fingerprint density at radius 1 is 1.08 bits per heavy atom. The summed E-state index contributed by atoms with van der Waals surface area (Å²) in [6.45, 7) is 1.96. The standard InChI is InChI=1S/C29H23ClN2O3S2/c1-3-35-28(34)24-25(19-7-5-4-6-8-19)31-29-32(26(24)20-11-13-21(30)14-12-20)27(33)23(37-29)17-18-9-15-22(36-2)16-10-18/h4-17,26H,3H2,1-2H3/b23-17-/t26-/m1/s1. The molecule has 1 atom stereocenters. The fourth-order valence-corrected chi connectivity index (χ4v) is 5.79. The van der Waals surface area contributed by atoms with E-state index in [1.165, 1.54) is 11.3 Å². The van der Waals surface area contributed by atoms with Gasteiger partial charge in [-0.25, -0.2) is 9.79 Å². The smallest absolute Gasteiger partial charge is 0.338 e. The number of esters is 1. The number of nitrogens with zero attached hydrogens (tertiary/aromatic N) is 2. The molecule has 186 valence electrons. The first kappa shape index (κ1) is 25.3. The number of aromatic nitrogens is 1. The van der Waals surface area contributed by atoms with Crippen molar-refractivity contribution in [1.82, 2.24) is 4.57 Å². The van der Waals surface area contributed by atoms with Gasteiger partial charge in [0.15, 0.2) is 4.80 Å². The van der Waals surface area contributed by atoms with Gasteiger partial charge in [0.2, 0.25) is 0 Å². The Morgan fingerprint density at radius 2 is 1.78 bits per heavy atom. The fraction of sp³-hybridized carbons (Fsp3) is 0.138. The van der Waals surface area contributed by atoms with E-state index < -0.39 is 12.0 Å². The molecule has 0 saturated heterocycles. The first-order valence-corrected chi connectivity index (χ1v) is 14.1. The van der Waals surface area contributed by atoms with Crippen molar-refractivity contribution < 1.29 is 9.53 Å². The summed E-state index contributed by atoms with van der Waals surface area (Å²) >= 11 is 9.14. The molecule has 0 saturated carbocycles. The molecule has 0 fully saturated rings. The van der Waals surface area contributed by atoms with Crippen LogP contribution in [0.3, 0.4) is 0 Å². The third-order valence-electron chi connectivity index (χ3n) is 5.97. The van der Waals surface area contributed by atoms with E-state index in [1.54, 1.807) is 35.4 Å². The second kappa shape index (κ2) is 10.9.